The van der Waals surface area contributed by atoms with Crippen LogP contribution in [0.4, 0.5) is 11.4 Å². The molecule has 210 valence electrons. The Kier molecular flexibility index (Phi) is 11.1. The second-order valence-corrected chi connectivity index (χ2v) is 8.52. The van der Waals surface area contributed by atoms with Crippen molar-refractivity contribution in [3.05, 3.63) is 110 Å². The third-order valence-corrected chi connectivity index (χ3v) is 5.64. The first-order chi connectivity index (χ1) is 19.8. The van der Waals surface area contributed by atoms with Crippen LogP contribution in [0.3, 0.4) is 0 Å². The van der Waals surface area contributed by atoms with Crippen LogP contribution in [0.2, 0.25) is 0 Å². The Morgan fingerprint density at radius 2 is 1.59 bits per heavy atom. The average molecular weight is 560 g/mol. The Bertz CT molecular complexity index is 1460. The lowest BCUT2D eigenvalue weighted by molar-refractivity contribution is -0.394. The second kappa shape index (κ2) is 15.1. The van der Waals surface area contributed by atoms with Crippen molar-refractivity contribution in [2.24, 2.45) is 0 Å². The van der Waals surface area contributed by atoms with Gasteiger partial charge < -0.3 is 14.2 Å². The monoisotopic (exact) mass is 559 g/mol. The zero-order chi connectivity index (χ0) is 29.6. The van der Waals surface area contributed by atoms with E-state index in [2.05, 4.69) is 6.07 Å². The van der Waals surface area contributed by atoms with E-state index in [0.717, 1.165) is 25.0 Å². The van der Waals surface area contributed by atoms with Gasteiger partial charge in [0.05, 0.1) is 40.8 Å². The minimum atomic E-state index is -0.726. The normalized spacial score (nSPS) is 10.5. The maximum absolute atomic E-state index is 12.4. The van der Waals surface area contributed by atoms with Gasteiger partial charge in [0.15, 0.2) is 0 Å². The Morgan fingerprint density at radius 3 is 2.24 bits per heavy atom. The van der Waals surface area contributed by atoms with Gasteiger partial charge in [-0.1, -0.05) is 12.1 Å². The number of nitriles is 1. The molecular weight excluding hydrogens is 534 g/mol. The third kappa shape index (κ3) is 9.60. The van der Waals surface area contributed by atoms with Crippen LogP contribution in [0, 0.1) is 31.6 Å². The number of hydrogen-bond acceptors (Lipinski definition) is 10. The first kappa shape index (κ1) is 30.0. The van der Waals surface area contributed by atoms with Crippen molar-refractivity contribution in [1.29, 1.82) is 5.26 Å². The second-order valence-electron chi connectivity index (χ2n) is 8.52. The zero-order valence-electron chi connectivity index (χ0n) is 21.8. The van der Waals surface area contributed by atoms with Crippen LogP contribution < -0.4 is 9.47 Å². The highest BCUT2D eigenvalue weighted by Crippen LogP contribution is 2.25. The van der Waals surface area contributed by atoms with Crippen molar-refractivity contribution in [1.82, 2.24) is 0 Å². The number of ether oxygens (including phenoxy) is 3. The van der Waals surface area contributed by atoms with E-state index in [-0.39, 0.29) is 18.6 Å². The van der Waals surface area contributed by atoms with Crippen molar-refractivity contribution in [3.63, 3.8) is 0 Å². The fourth-order valence-electron chi connectivity index (χ4n) is 3.52. The summed E-state index contributed by atoms with van der Waals surface area (Å²) >= 11 is 0. The highest BCUT2D eigenvalue weighted by Gasteiger charge is 2.19. The van der Waals surface area contributed by atoms with E-state index in [1.54, 1.807) is 48.5 Å². The van der Waals surface area contributed by atoms with Gasteiger partial charge in [-0.2, -0.15) is 5.26 Å². The quantitative estimate of drug-likeness (QED) is 0.0605. The number of non-ortho nitro benzene ring substituents is 1. The molecule has 0 aliphatic rings. The van der Waals surface area contributed by atoms with Gasteiger partial charge in [0.1, 0.15) is 11.5 Å². The summed E-state index contributed by atoms with van der Waals surface area (Å²) in [5.41, 5.74) is 0.352. The highest BCUT2D eigenvalue weighted by atomic mass is 16.6. The van der Waals surface area contributed by atoms with Crippen LogP contribution in [0.5, 0.6) is 11.5 Å². The first-order valence-electron chi connectivity index (χ1n) is 12.5. The molecule has 0 spiro atoms. The smallest absolute Gasteiger partial charge is 0.343 e. The lowest BCUT2D eigenvalue weighted by Gasteiger charge is -2.07. The molecule has 0 saturated carbocycles. The van der Waals surface area contributed by atoms with Gasteiger partial charge in [-0.15, -0.1) is 0 Å². The minimum Gasteiger partial charge on any atom is -0.494 e. The predicted molar refractivity (Wildman–Crippen MR) is 146 cm³/mol. The van der Waals surface area contributed by atoms with Crippen LogP contribution in [0.15, 0.2) is 72.8 Å². The lowest BCUT2D eigenvalue weighted by atomic mass is 10.1. The summed E-state index contributed by atoms with van der Waals surface area (Å²) in [6.45, 7) is 0.323. The molecule has 0 aliphatic carbocycles. The average Bonchev–Trinajstić information content (AvgIpc) is 2.97. The molecule has 3 aromatic rings. The lowest BCUT2D eigenvalue weighted by Crippen LogP contribution is -2.08. The summed E-state index contributed by atoms with van der Waals surface area (Å²) < 4.78 is 16.0. The first-order valence-corrected chi connectivity index (χ1v) is 12.5. The molecule has 0 bridgehead atoms. The number of carbonyl (C=O) groups is 2. The van der Waals surface area contributed by atoms with E-state index in [0.29, 0.717) is 35.7 Å². The maximum atomic E-state index is 12.4. The van der Waals surface area contributed by atoms with Gasteiger partial charge in [0, 0.05) is 30.5 Å². The molecule has 3 aromatic carbocycles. The number of esters is 2. The highest BCUT2D eigenvalue weighted by molar-refractivity contribution is 5.91. The van der Waals surface area contributed by atoms with E-state index in [1.807, 2.05) is 0 Å². The number of nitrogens with zero attached hydrogens (tertiary/aromatic N) is 3. The van der Waals surface area contributed by atoms with Crippen LogP contribution in [-0.2, 0) is 16.0 Å². The molecule has 0 aliphatic heterocycles. The summed E-state index contributed by atoms with van der Waals surface area (Å²) in [7, 11) is 0. The zero-order valence-corrected chi connectivity index (χ0v) is 21.8. The molecule has 0 saturated heterocycles. The molecule has 0 radical (unpaired) electrons. The minimum absolute atomic E-state index is 0.00699. The van der Waals surface area contributed by atoms with Gasteiger partial charge in [0.25, 0.3) is 11.4 Å². The Morgan fingerprint density at radius 1 is 0.878 bits per heavy atom. The SMILES string of the molecule is N#CCCCCOc1ccc(C(=O)Oc2ccc(/C=C/C(=O)OCCc3ccc([N+](=O)[O-])cc3[N+](=O)[O-])cc2)cc1. The molecule has 0 atom stereocenters. The van der Waals surface area contributed by atoms with Crippen molar-refractivity contribution >= 4 is 29.4 Å². The Labute approximate surface area is 234 Å². The summed E-state index contributed by atoms with van der Waals surface area (Å²) in [5, 5.41) is 30.6. The van der Waals surface area contributed by atoms with E-state index in [1.165, 1.54) is 18.2 Å². The molecule has 0 unspecified atom stereocenters. The van der Waals surface area contributed by atoms with Crippen LogP contribution in [0.25, 0.3) is 6.08 Å². The van der Waals surface area contributed by atoms with E-state index >= 15 is 0 Å². The Balaban J connectivity index is 1.45. The molecule has 12 nitrogen and oxygen atoms in total. The number of carbonyl (C=O) groups excluding carboxylic acids is 2. The predicted octanol–water partition coefficient (Wildman–Crippen LogP) is 5.59. The number of unbranched alkanes of at least 4 members (excludes halogenated alkanes) is 2. The van der Waals surface area contributed by atoms with E-state index in [9.17, 15) is 29.8 Å². The summed E-state index contributed by atoms with van der Waals surface area (Å²) in [6, 6.07) is 18.3. The van der Waals surface area contributed by atoms with Crippen molar-refractivity contribution < 1.29 is 33.6 Å². The molecule has 0 heterocycles. The van der Waals surface area contributed by atoms with Crippen LogP contribution in [-0.4, -0.2) is 35.0 Å². The van der Waals surface area contributed by atoms with Crippen LogP contribution in [0.1, 0.15) is 40.7 Å². The molecular formula is C29H25N3O9. The number of nitro benzene ring substituents is 2. The third-order valence-electron chi connectivity index (χ3n) is 5.64. The Hall–Kier alpha value is -5.57. The number of nitro groups is 2. The molecule has 0 aromatic heterocycles. The molecule has 0 N–H and O–H groups in total. The van der Waals surface area contributed by atoms with E-state index in [4.69, 9.17) is 19.5 Å². The van der Waals surface area contributed by atoms with Crippen LogP contribution >= 0.6 is 0 Å². The fraction of sp³-hybridized carbons (Fsp3) is 0.207. The molecule has 12 heteroatoms. The topological polar surface area (TPSA) is 172 Å². The molecule has 3 rings (SSSR count). The van der Waals surface area contributed by atoms with Gasteiger partial charge >= 0.3 is 11.9 Å². The largest absolute Gasteiger partial charge is 0.494 e. The number of benzene rings is 3. The van der Waals surface area contributed by atoms with Gasteiger partial charge in [-0.05, 0) is 66.9 Å². The molecule has 0 fully saturated rings. The molecule has 0 amide bonds. The standard InChI is InChI=1S/C29H25N3O9/c30-17-2-1-3-18-39-25-13-8-23(9-14-25)29(34)41-26-11-4-21(5-12-26)6-15-28(33)40-19-16-22-7-10-24(31(35)36)20-27(22)32(37)38/h4-15,20H,1-3,16,18-19H2/b15-6+. The summed E-state index contributed by atoms with van der Waals surface area (Å²) in [6.07, 6.45) is 4.69. The maximum Gasteiger partial charge on any atom is 0.343 e. The van der Waals surface area contributed by atoms with E-state index < -0.39 is 33.2 Å². The summed E-state index contributed by atoms with van der Waals surface area (Å²) in [4.78, 5) is 45.1. The van der Waals surface area contributed by atoms with Crippen molar-refractivity contribution in [2.75, 3.05) is 13.2 Å². The number of rotatable bonds is 14. The fourth-order valence-corrected chi connectivity index (χ4v) is 3.52. The molecule has 41 heavy (non-hydrogen) atoms. The van der Waals surface area contributed by atoms with Gasteiger partial charge in [-0.3, -0.25) is 20.2 Å². The number of hydrogen-bond donors (Lipinski definition) is 0. The van der Waals surface area contributed by atoms with Crippen molar-refractivity contribution in [3.8, 4) is 17.6 Å². The van der Waals surface area contributed by atoms with Crippen molar-refractivity contribution in [2.45, 2.75) is 25.7 Å². The van der Waals surface area contributed by atoms with Gasteiger partial charge in [-0.25, -0.2) is 9.59 Å². The summed E-state index contributed by atoms with van der Waals surface area (Å²) in [5.74, 6) is -0.316. The van der Waals surface area contributed by atoms with Gasteiger partial charge in [0.2, 0.25) is 0 Å².